The van der Waals surface area contributed by atoms with E-state index in [0.29, 0.717) is 0 Å². The molecular weight excluding hydrogens is 289 g/mol. The molecule has 0 aliphatic rings. The molecule has 1 rings (SSSR count). The summed E-state index contributed by atoms with van der Waals surface area (Å²) in [7, 11) is -4.78. The smallest absolute Gasteiger partial charge is 0.332 e. The van der Waals surface area contributed by atoms with Crippen LogP contribution in [0.3, 0.4) is 0 Å². The maximum atomic E-state index is 12.7. The van der Waals surface area contributed by atoms with Gasteiger partial charge in [-0.3, -0.25) is 4.79 Å². The highest BCUT2D eigenvalue weighted by Crippen LogP contribution is 2.21. The highest BCUT2D eigenvalue weighted by Gasteiger charge is 2.19. The van der Waals surface area contributed by atoms with Crippen LogP contribution in [0.4, 0.5) is 3.89 Å². The first-order valence-electron chi connectivity index (χ1n) is 5.87. The van der Waals surface area contributed by atoms with Gasteiger partial charge < -0.3 is 15.5 Å². The first kappa shape index (κ1) is 16.5. The SMILES string of the molecule is CC(=O)NCCC(O)C(O)c1ccc(S(=O)(=O)F)cc1. The minimum atomic E-state index is -4.78. The topological polar surface area (TPSA) is 104 Å². The number of rotatable bonds is 6. The molecule has 1 aromatic rings. The van der Waals surface area contributed by atoms with E-state index in [1.54, 1.807) is 0 Å². The standard InChI is InChI=1S/C12H16FNO5S/c1-8(15)14-7-6-11(16)12(17)9-2-4-10(5-3-9)20(13,18)19/h2-5,11-12,16-17H,6-7H2,1H3,(H,14,15). The van der Waals surface area contributed by atoms with E-state index in [9.17, 15) is 27.3 Å². The Morgan fingerprint density at radius 3 is 2.30 bits per heavy atom. The van der Waals surface area contributed by atoms with Crippen molar-refractivity contribution in [2.45, 2.75) is 30.4 Å². The van der Waals surface area contributed by atoms with Crippen LogP contribution in [0.5, 0.6) is 0 Å². The molecule has 0 heterocycles. The van der Waals surface area contributed by atoms with Crippen LogP contribution >= 0.6 is 0 Å². The molecule has 0 spiro atoms. The Morgan fingerprint density at radius 2 is 1.85 bits per heavy atom. The summed E-state index contributed by atoms with van der Waals surface area (Å²) in [6.07, 6.45) is -2.25. The Labute approximate surface area is 116 Å². The summed E-state index contributed by atoms with van der Waals surface area (Å²) >= 11 is 0. The van der Waals surface area contributed by atoms with Crippen LogP contribution in [-0.4, -0.2) is 37.2 Å². The number of carbonyl (C=O) groups excluding carboxylic acids is 1. The maximum Gasteiger partial charge on any atom is 0.332 e. The molecular formula is C12H16FNO5S. The summed E-state index contributed by atoms with van der Waals surface area (Å²) in [6.45, 7) is 1.53. The molecule has 0 bridgehead atoms. The molecule has 0 aromatic heterocycles. The summed E-state index contributed by atoms with van der Waals surface area (Å²) in [5, 5.41) is 22.0. The van der Waals surface area contributed by atoms with Crippen LogP contribution in [0, 0.1) is 0 Å². The van der Waals surface area contributed by atoms with Gasteiger partial charge in [-0.15, -0.1) is 3.89 Å². The fourth-order valence-electron chi connectivity index (χ4n) is 1.60. The molecule has 6 nitrogen and oxygen atoms in total. The number of amides is 1. The van der Waals surface area contributed by atoms with Gasteiger partial charge in [0.05, 0.1) is 11.0 Å². The lowest BCUT2D eigenvalue weighted by molar-refractivity contribution is -0.119. The predicted molar refractivity (Wildman–Crippen MR) is 69.0 cm³/mol. The Balaban J connectivity index is 2.67. The molecule has 0 saturated heterocycles. The van der Waals surface area contributed by atoms with Crippen LogP contribution < -0.4 is 5.32 Å². The average molecular weight is 305 g/mol. The van der Waals surface area contributed by atoms with Gasteiger partial charge in [-0.05, 0) is 24.1 Å². The van der Waals surface area contributed by atoms with Crippen molar-refractivity contribution in [3.8, 4) is 0 Å². The molecule has 20 heavy (non-hydrogen) atoms. The van der Waals surface area contributed by atoms with Gasteiger partial charge in [0.2, 0.25) is 5.91 Å². The third kappa shape index (κ3) is 4.87. The Kier molecular flexibility index (Phi) is 5.61. The first-order chi connectivity index (χ1) is 9.21. The number of hydrogen-bond donors (Lipinski definition) is 3. The number of aliphatic hydroxyl groups is 2. The maximum absolute atomic E-state index is 12.7. The summed E-state index contributed by atoms with van der Waals surface area (Å²) in [5.41, 5.74) is 0.257. The lowest BCUT2D eigenvalue weighted by atomic mass is 10.0. The minimum absolute atomic E-state index is 0.129. The van der Waals surface area contributed by atoms with E-state index in [-0.39, 0.29) is 24.4 Å². The average Bonchev–Trinajstić information content (AvgIpc) is 2.36. The molecule has 0 radical (unpaired) electrons. The molecule has 0 aliphatic carbocycles. The number of carbonyl (C=O) groups is 1. The molecule has 2 atom stereocenters. The second-order valence-electron chi connectivity index (χ2n) is 4.29. The monoisotopic (exact) mass is 305 g/mol. The van der Waals surface area contributed by atoms with Crippen molar-refractivity contribution >= 4 is 16.1 Å². The number of halogens is 1. The van der Waals surface area contributed by atoms with Gasteiger partial charge in [0.25, 0.3) is 0 Å². The van der Waals surface area contributed by atoms with E-state index in [1.165, 1.54) is 19.1 Å². The van der Waals surface area contributed by atoms with E-state index in [1.807, 2.05) is 0 Å². The second-order valence-corrected chi connectivity index (χ2v) is 5.64. The molecule has 3 N–H and O–H groups in total. The third-order valence-electron chi connectivity index (χ3n) is 2.68. The lowest BCUT2D eigenvalue weighted by Crippen LogP contribution is -2.27. The molecule has 0 saturated carbocycles. The molecule has 0 fully saturated rings. The number of nitrogens with one attached hydrogen (secondary N) is 1. The Morgan fingerprint density at radius 1 is 1.30 bits per heavy atom. The van der Waals surface area contributed by atoms with Crippen molar-refractivity contribution in [3.05, 3.63) is 29.8 Å². The number of hydrogen-bond acceptors (Lipinski definition) is 5. The fraction of sp³-hybridized carbons (Fsp3) is 0.417. The zero-order chi connectivity index (χ0) is 15.3. The van der Waals surface area contributed by atoms with Crippen molar-refractivity contribution in [1.82, 2.24) is 5.32 Å². The van der Waals surface area contributed by atoms with Crippen molar-refractivity contribution in [2.24, 2.45) is 0 Å². The van der Waals surface area contributed by atoms with Crippen LogP contribution in [-0.2, 0) is 15.0 Å². The van der Waals surface area contributed by atoms with E-state index >= 15 is 0 Å². The largest absolute Gasteiger partial charge is 0.390 e. The van der Waals surface area contributed by atoms with E-state index in [4.69, 9.17) is 0 Å². The number of aliphatic hydroxyl groups excluding tert-OH is 2. The molecule has 1 amide bonds. The predicted octanol–water partition coefficient (Wildman–Crippen LogP) is 0.265. The van der Waals surface area contributed by atoms with E-state index in [2.05, 4.69) is 5.32 Å². The Hall–Kier alpha value is -1.51. The van der Waals surface area contributed by atoms with E-state index in [0.717, 1.165) is 12.1 Å². The van der Waals surface area contributed by atoms with Crippen molar-refractivity contribution in [2.75, 3.05) is 6.54 Å². The van der Waals surface area contributed by atoms with Gasteiger partial charge >= 0.3 is 10.2 Å². The normalized spacial score (nSPS) is 14.6. The summed E-state index contributed by atoms with van der Waals surface area (Å²) in [4.78, 5) is 10.1. The molecule has 2 unspecified atom stereocenters. The molecule has 0 aliphatic heterocycles. The van der Waals surface area contributed by atoms with Gasteiger partial charge in [-0.25, -0.2) is 0 Å². The lowest BCUT2D eigenvalue weighted by Gasteiger charge is -2.18. The summed E-state index contributed by atoms with van der Waals surface area (Å²) in [5.74, 6) is -0.246. The Bertz CT molecular complexity index is 558. The highest BCUT2D eigenvalue weighted by molar-refractivity contribution is 7.86. The van der Waals surface area contributed by atoms with Crippen molar-refractivity contribution in [1.29, 1.82) is 0 Å². The van der Waals surface area contributed by atoms with E-state index < -0.39 is 27.3 Å². The number of benzene rings is 1. The summed E-state index contributed by atoms with van der Waals surface area (Å²) < 4.78 is 33.9. The van der Waals surface area contributed by atoms with Crippen molar-refractivity contribution in [3.63, 3.8) is 0 Å². The third-order valence-corrected chi connectivity index (χ3v) is 3.52. The zero-order valence-electron chi connectivity index (χ0n) is 10.8. The highest BCUT2D eigenvalue weighted by atomic mass is 32.3. The van der Waals surface area contributed by atoms with Gasteiger partial charge in [0, 0.05) is 13.5 Å². The minimum Gasteiger partial charge on any atom is -0.390 e. The van der Waals surface area contributed by atoms with Gasteiger partial charge in [0.1, 0.15) is 6.10 Å². The molecule has 8 heteroatoms. The van der Waals surface area contributed by atoms with Gasteiger partial charge in [-0.2, -0.15) is 8.42 Å². The van der Waals surface area contributed by atoms with Crippen LogP contribution in [0.25, 0.3) is 0 Å². The second kappa shape index (κ2) is 6.78. The van der Waals surface area contributed by atoms with Crippen molar-refractivity contribution < 1.29 is 27.3 Å². The van der Waals surface area contributed by atoms with Crippen LogP contribution in [0.2, 0.25) is 0 Å². The molecule has 112 valence electrons. The fourth-order valence-corrected chi connectivity index (χ4v) is 2.06. The summed E-state index contributed by atoms with van der Waals surface area (Å²) in [6, 6.07) is 4.46. The van der Waals surface area contributed by atoms with Gasteiger partial charge in [-0.1, -0.05) is 12.1 Å². The molecule has 1 aromatic carbocycles. The van der Waals surface area contributed by atoms with Crippen LogP contribution in [0.15, 0.2) is 29.2 Å². The quantitative estimate of drug-likeness (QED) is 0.654. The van der Waals surface area contributed by atoms with Gasteiger partial charge in [0.15, 0.2) is 0 Å². The zero-order valence-corrected chi connectivity index (χ0v) is 11.6. The first-order valence-corrected chi connectivity index (χ1v) is 7.25. The van der Waals surface area contributed by atoms with Crippen LogP contribution in [0.1, 0.15) is 25.0 Å².